The summed E-state index contributed by atoms with van der Waals surface area (Å²) in [5.41, 5.74) is 0.407. The van der Waals surface area contributed by atoms with E-state index in [1.807, 2.05) is 0 Å². The zero-order chi connectivity index (χ0) is 10.9. The second-order valence-corrected chi connectivity index (χ2v) is 5.91. The second kappa shape index (κ2) is 4.42. The molecule has 0 aromatic heterocycles. The Labute approximate surface area is 94.4 Å². The van der Waals surface area contributed by atoms with E-state index in [-0.39, 0.29) is 0 Å². The van der Waals surface area contributed by atoms with Crippen LogP contribution in [0.4, 0.5) is 0 Å². The summed E-state index contributed by atoms with van der Waals surface area (Å²) in [6.07, 6.45) is 5.54. The molecule has 0 amide bonds. The minimum absolute atomic E-state index is 0.407. The largest absolute Gasteiger partial charge is 0.311 e. The number of hydrogen-bond donors (Lipinski definition) is 1. The summed E-state index contributed by atoms with van der Waals surface area (Å²) in [6, 6.07) is 0.787. The fourth-order valence-electron chi connectivity index (χ4n) is 2.91. The first-order valence-corrected chi connectivity index (χ1v) is 6.62. The van der Waals surface area contributed by atoms with Crippen molar-refractivity contribution in [2.45, 2.75) is 58.0 Å². The summed E-state index contributed by atoms with van der Waals surface area (Å²) in [5, 5.41) is 3.68. The van der Waals surface area contributed by atoms with E-state index < -0.39 is 0 Å². The predicted octanol–water partition coefficient (Wildman–Crippen LogP) is 2.25. The Morgan fingerprint density at radius 3 is 2.67 bits per heavy atom. The van der Waals surface area contributed by atoms with Gasteiger partial charge >= 0.3 is 0 Å². The first-order valence-electron chi connectivity index (χ1n) is 6.62. The quantitative estimate of drug-likeness (QED) is 0.765. The molecule has 2 rings (SSSR count). The molecule has 0 spiro atoms. The van der Waals surface area contributed by atoms with Crippen molar-refractivity contribution >= 4 is 0 Å². The van der Waals surface area contributed by atoms with Gasteiger partial charge in [0.15, 0.2) is 0 Å². The first-order chi connectivity index (χ1) is 7.13. The molecule has 1 N–H and O–H groups in total. The molecule has 2 heteroatoms. The molecule has 1 aliphatic heterocycles. The Bertz CT molecular complexity index is 209. The fourth-order valence-corrected chi connectivity index (χ4v) is 2.91. The van der Waals surface area contributed by atoms with Crippen LogP contribution in [-0.2, 0) is 0 Å². The van der Waals surface area contributed by atoms with E-state index >= 15 is 0 Å². The molecule has 0 aromatic carbocycles. The molecule has 0 aromatic rings. The van der Waals surface area contributed by atoms with Crippen LogP contribution in [0, 0.1) is 5.92 Å². The topological polar surface area (TPSA) is 15.3 Å². The van der Waals surface area contributed by atoms with E-state index in [1.54, 1.807) is 0 Å². The highest BCUT2D eigenvalue weighted by Gasteiger charge is 2.37. The van der Waals surface area contributed by atoms with Gasteiger partial charge in [0.25, 0.3) is 0 Å². The number of piperazine rings is 1. The number of rotatable bonds is 4. The van der Waals surface area contributed by atoms with Gasteiger partial charge in [-0.2, -0.15) is 0 Å². The standard InChI is InChI=1S/C13H26N2/c1-4-7-13(2,3)15-9-8-14-12(10-15)11-5-6-11/h11-12,14H,4-10H2,1-3H3. The average molecular weight is 210 g/mol. The van der Waals surface area contributed by atoms with Crippen LogP contribution in [0.1, 0.15) is 46.5 Å². The van der Waals surface area contributed by atoms with E-state index in [2.05, 4.69) is 31.0 Å². The summed E-state index contributed by atoms with van der Waals surface area (Å²) in [4.78, 5) is 2.70. The zero-order valence-corrected chi connectivity index (χ0v) is 10.6. The SMILES string of the molecule is CCCC(C)(C)N1CCNC(C2CC2)C1. The molecular formula is C13H26N2. The number of nitrogens with zero attached hydrogens (tertiary/aromatic N) is 1. The zero-order valence-electron chi connectivity index (χ0n) is 10.6. The van der Waals surface area contributed by atoms with Crippen molar-refractivity contribution < 1.29 is 0 Å². The highest BCUT2D eigenvalue weighted by Crippen LogP contribution is 2.35. The Hall–Kier alpha value is -0.0800. The van der Waals surface area contributed by atoms with Gasteiger partial charge in [-0.05, 0) is 39.0 Å². The third-order valence-corrected chi connectivity index (χ3v) is 4.11. The van der Waals surface area contributed by atoms with Crippen LogP contribution in [-0.4, -0.2) is 36.1 Å². The Morgan fingerprint density at radius 1 is 1.33 bits per heavy atom. The van der Waals surface area contributed by atoms with Gasteiger partial charge in [0.1, 0.15) is 0 Å². The van der Waals surface area contributed by atoms with E-state index in [0.717, 1.165) is 12.0 Å². The molecule has 2 aliphatic rings. The van der Waals surface area contributed by atoms with Crippen LogP contribution in [0.25, 0.3) is 0 Å². The molecule has 0 radical (unpaired) electrons. The van der Waals surface area contributed by atoms with Gasteiger partial charge in [-0.1, -0.05) is 13.3 Å². The molecule has 15 heavy (non-hydrogen) atoms. The minimum Gasteiger partial charge on any atom is -0.311 e. The van der Waals surface area contributed by atoms with Crippen LogP contribution >= 0.6 is 0 Å². The average Bonchev–Trinajstić information content (AvgIpc) is 3.01. The predicted molar refractivity (Wildman–Crippen MR) is 65.1 cm³/mol. The molecule has 2 nitrogen and oxygen atoms in total. The van der Waals surface area contributed by atoms with Gasteiger partial charge < -0.3 is 5.32 Å². The van der Waals surface area contributed by atoms with Gasteiger partial charge in [0.2, 0.25) is 0 Å². The highest BCUT2D eigenvalue weighted by atomic mass is 15.2. The van der Waals surface area contributed by atoms with E-state index in [0.29, 0.717) is 5.54 Å². The second-order valence-electron chi connectivity index (χ2n) is 5.91. The van der Waals surface area contributed by atoms with Crippen LogP contribution < -0.4 is 5.32 Å². The van der Waals surface area contributed by atoms with Gasteiger partial charge in [-0.3, -0.25) is 4.90 Å². The third kappa shape index (κ3) is 2.73. The highest BCUT2D eigenvalue weighted by molar-refractivity contribution is 4.94. The molecule has 1 saturated heterocycles. The van der Waals surface area contributed by atoms with E-state index in [4.69, 9.17) is 0 Å². The van der Waals surface area contributed by atoms with Crippen molar-refractivity contribution in [3.8, 4) is 0 Å². The number of nitrogens with one attached hydrogen (secondary N) is 1. The van der Waals surface area contributed by atoms with Crippen LogP contribution in [0.2, 0.25) is 0 Å². The lowest BCUT2D eigenvalue weighted by Crippen LogP contribution is -2.58. The monoisotopic (exact) mass is 210 g/mol. The van der Waals surface area contributed by atoms with E-state index in [9.17, 15) is 0 Å². The summed E-state index contributed by atoms with van der Waals surface area (Å²) in [5.74, 6) is 0.991. The fraction of sp³-hybridized carbons (Fsp3) is 1.00. The molecule has 2 fully saturated rings. The van der Waals surface area contributed by atoms with Gasteiger partial charge in [0.05, 0.1) is 0 Å². The maximum atomic E-state index is 3.68. The molecule has 0 bridgehead atoms. The van der Waals surface area contributed by atoms with Gasteiger partial charge in [-0.15, -0.1) is 0 Å². The lowest BCUT2D eigenvalue weighted by Gasteiger charge is -2.44. The lowest BCUT2D eigenvalue weighted by molar-refractivity contribution is 0.0703. The van der Waals surface area contributed by atoms with Gasteiger partial charge in [0, 0.05) is 31.2 Å². The maximum absolute atomic E-state index is 3.68. The molecular weight excluding hydrogens is 184 g/mol. The van der Waals surface area contributed by atoms with Crippen molar-refractivity contribution in [2.75, 3.05) is 19.6 Å². The Kier molecular flexibility index (Phi) is 3.36. The molecule has 1 atom stereocenters. The molecule has 88 valence electrons. The van der Waals surface area contributed by atoms with Crippen molar-refractivity contribution in [1.29, 1.82) is 0 Å². The first kappa shape index (κ1) is 11.4. The molecule has 1 heterocycles. The van der Waals surface area contributed by atoms with Crippen molar-refractivity contribution in [2.24, 2.45) is 5.92 Å². The molecule has 1 unspecified atom stereocenters. The maximum Gasteiger partial charge on any atom is 0.0223 e. The van der Waals surface area contributed by atoms with Crippen LogP contribution in [0.15, 0.2) is 0 Å². The minimum atomic E-state index is 0.407. The lowest BCUT2D eigenvalue weighted by atomic mass is 9.94. The smallest absolute Gasteiger partial charge is 0.0223 e. The third-order valence-electron chi connectivity index (χ3n) is 4.11. The normalized spacial score (nSPS) is 29.4. The van der Waals surface area contributed by atoms with Crippen molar-refractivity contribution in [1.82, 2.24) is 10.2 Å². The Morgan fingerprint density at radius 2 is 2.07 bits per heavy atom. The van der Waals surface area contributed by atoms with Crippen molar-refractivity contribution in [3.63, 3.8) is 0 Å². The summed E-state index contributed by atoms with van der Waals surface area (Å²) < 4.78 is 0. The Balaban J connectivity index is 1.90. The molecule has 1 saturated carbocycles. The molecule has 1 aliphatic carbocycles. The van der Waals surface area contributed by atoms with Crippen molar-refractivity contribution in [3.05, 3.63) is 0 Å². The van der Waals surface area contributed by atoms with Crippen LogP contribution in [0.3, 0.4) is 0 Å². The van der Waals surface area contributed by atoms with E-state index in [1.165, 1.54) is 45.3 Å². The summed E-state index contributed by atoms with van der Waals surface area (Å²) >= 11 is 0. The number of hydrogen-bond acceptors (Lipinski definition) is 2. The van der Waals surface area contributed by atoms with Crippen LogP contribution in [0.5, 0.6) is 0 Å². The summed E-state index contributed by atoms with van der Waals surface area (Å²) in [7, 11) is 0. The summed E-state index contributed by atoms with van der Waals surface area (Å²) in [6.45, 7) is 10.8. The van der Waals surface area contributed by atoms with Gasteiger partial charge in [-0.25, -0.2) is 0 Å².